The zero-order valence-electron chi connectivity index (χ0n) is 38.9. The van der Waals surface area contributed by atoms with Crippen LogP contribution in [0.2, 0.25) is 0 Å². The van der Waals surface area contributed by atoms with Crippen molar-refractivity contribution in [1.82, 2.24) is 0 Å². The molecule has 13 rings (SSSR count). The lowest BCUT2D eigenvalue weighted by Crippen LogP contribution is -2.61. The van der Waals surface area contributed by atoms with Gasteiger partial charge in [-0.2, -0.15) is 0 Å². The molecule has 0 saturated heterocycles. The van der Waals surface area contributed by atoms with E-state index in [1.165, 1.54) is 110 Å². The highest BCUT2D eigenvalue weighted by Crippen LogP contribution is 2.60. The fourth-order valence-corrected chi connectivity index (χ4v) is 13.0. The summed E-state index contributed by atoms with van der Waals surface area (Å²) in [6.45, 7) is 18.7. The van der Waals surface area contributed by atoms with Gasteiger partial charge in [-0.25, -0.2) is 0 Å². The molecule has 3 nitrogen and oxygen atoms in total. The Hall–Kier alpha value is -6.82. The van der Waals surface area contributed by atoms with Gasteiger partial charge in [-0.15, -0.1) is 11.3 Å². The minimum Gasteiger partial charge on any atom is -0.456 e. The molecule has 0 N–H and O–H groups in total. The van der Waals surface area contributed by atoms with Gasteiger partial charge in [-0.1, -0.05) is 165 Å². The van der Waals surface area contributed by atoms with E-state index in [4.69, 9.17) is 4.42 Å². The van der Waals surface area contributed by atoms with Crippen LogP contribution in [0.5, 0.6) is 0 Å². The smallest absolute Gasteiger partial charge is 0.343 e. The summed E-state index contributed by atoms with van der Waals surface area (Å²) in [6.07, 6.45) is 0. The summed E-state index contributed by atoms with van der Waals surface area (Å²) in [5, 5.41) is 3.59. The van der Waals surface area contributed by atoms with Crippen molar-refractivity contribution in [1.29, 1.82) is 0 Å². The molecule has 320 valence electrons. The molecular formula is C61H51BN2OS. The molecule has 0 radical (unpaired) electrons. The average molecular weight is 871 g/mol. The molecule has 0 bridgehead atoms. The number of hydrogen-bond acceptors (Lipinski definition) is 4. The van der Waals surface area contributed by atoms with Gasteiger partial charge in [0.15, 0.2) is 0 Å². The first kappa shape index (κ1) is 39.5. The van der Waals surface area contributed by atoms with Crippen LogP contribution < -0.4 is 20.0 Å². The Morgan fingerprint density at radius 3 is 1.98 bits per heavy atom. The van der Waals surface area contributed by atoms with Crippen LogP contribution in [0, 0.1) is 0 Å². The molecule has 0 amide bonds. The van der Waals surface area contributed by atoms with Gasteiger partial charge in [0.2, 0.25) is 0 Å². The summed E-state index contributed by atoms with van der Waals surface area (Å²) < 4.78 is 9.46. The first-order chi connectivity index (χ1) is 31.8. The molecule has 2 aromatic heterocycles. The van der Waals surface area contributed by atoms with E-state index in [1.807, 2.05) is 11.3 Å². The molecule has 0 fully saturated rings. The fraction of sp³-hybridized carbons (Fsp3) is 0.180. The minimum atomic E-state index is -0.287. The molecule has 3 aliphatic rings. The van der Waals surface area contributed by atoms with Crippen LogP contribution in [-0.4, -0.2) is 6.85 Å². The normalized spacial score (nSPS) is 14.7. The van der Waals surface area contributed by atoms with Crippen LogP contribution >= 0.6 is 11.3 Å². The van der Waals surface area contributed by atoms with Gasteiger partial charge < -0.3 is 14.1 Å². The molecule has 2 aliphatic heterocycles. The second-order valence-electron chi connectivity index (χ2n) is 21.3. The standard InChI is InChI=1S/C61H51BN2OS/c1-59(2,3)37-26-29-39(30-27-37)64-47-32-33-50-52(41-21-13-16-24-49(41)65-50)53(47)54-55-44(40-20-12-15-23-45(40)61(55,7)8)35-48-56(54)62(64)58-57(42-22-14-17-25-51(42)66-58)63(48)46-31-28-38(60(4,5)6)34-43(46)36-18-10-9-11-19-36/h9-35H,1-8H3. The van der Waals surface area contributed by atoms with E-state index in [1.54, 1.807) is 0 Å². The average Bonchev–Trinajstić information content (AvgIpc) is 3.96. The highest BCUT2D eigenvalue weighted by Gasteiger charge is 2.52. The van der Waals surface area contributed by atoms with E-state index < -0.39 is 0 Å². The van der Waals surface area contributed by atoms with Crippen LogP contribution in [0.4, 0.5) is 28.4 Å². The molecule has 0 unspecified atom stereocenters. The predicted molar refractivity (Wildman–Crippen MR) is 283 cm³/mol. The summed E-state index contributed by atoms with van der Waals surface area (Å²) in [6, 6.07) is 61.8. The Labute approximate surface area is 392 Å². The Morgan fingerprint density at radius 2 is 1.21 bits per heavy atom. The largest absolute Gasteiger partial charge is 0.456 e. The Morgan fingerprint density at radius 1 is 0.545 bits per heavy atom. The number of fused-ring (bicyclic) bond motifs is 14. The van der Waals surface area contributed by atoms with Crippen molar-refractivity contribution in [2.24, 2.45) is 0 Å². The topological polar surface area (TPSA) is 19.6 Å². The van der Waals surface area contributed by atoms with Gasteiger partial charge in [0.1, 0.15) is 11.2 Å². The number of furan rings is 1. The number of thiophene rings is 1. The number of para-hydroxylation sites is 1. The first-order valence-electron chi connectivity index (χ1n) is 23.5. The summed E-state index contributed by atoms with van der Waals surface area (Å²) in [5.41, 5.74) is 22.0. The maximum absolute atomic E-state index is 6.82. The highest BCUT2D eigenvalue weighted by atomic mass is 32.1. The van der Waals surface area contributed by atoms with E-state index in [9.17, 15) is 0 Å². The van der Waals surface area contributed by atoms with E-state index in [-0.39, 0.29) is 23.1 Å². The molecule has 10 aromatic rings. The summed E-state index contributed by atoms with van der Waals surface area (Å²) >= 11 is 1.95. The summed E-state index contributed by atoms with van der Waals surface area (Å²) in [4.78, 5) is 5.36. The van der Waals surface area contributed by atoms with Gasteiger partial charge >= 0.3 is 6.85 Å². The lowest BCUT2D eigenvalue weighted by molar-refractivity contribution is 0.590. The first-order valence-corrected chi connectivity index (χ1v) is 24.3. The number of rotatable bonds is 3. The van der Waals surface area contributed by atoms with Gasteiger partial charge in [-0.3, -0.25) is 0 Å². The molecule has 1 aliphatic carbocycles. The van der Waals surface area contributed by atoms with Crippen LogP contribution in [-0.2, 0) is 16.2 Å². The van der Waals surface area contributed by atoms with Crippen LogP contribution in [0.3, 0.4) is 0 Å². The Kier molecular flexibility index (Phi) is 8.16. The minimum absolute atomic E-state index is 0.0180. The van der Waals surface area contributed by atoms with Crippen molar-refractivity contribution >= 4 is 88.9 Å². The Bertz CT molecular complexity index is 3660. The van der Waals surface area contributed by atoms with Crippen LogP contribution in [0.25, 0.3) is 65.4 Å². The molecule has 5 heteroatoms. The summed E-state index contributed by atoms with van der Waals surface area (Å²) in [7, 11) is 0. The molecule has 8 aromatic carbocycles. The SMILES string of the molecule is CC(C)(C)c1ccc(N2B3c4sc5ccccc5c4N(c4ccc(C(C)(C)C)cc4-c4ccccc4)c4cc5c(c(c43)-c3c2ccc2oc4ccccc4c32)C(C)(C)c2ccccc2-5)cc1. The third-order valence-corrected chi connectivity index (χ3v) is 16.1. The molecule has 4 heterocycles. The fourth-order valence-electron chi connectivity index (χ4n) is 11.7. The Balaban J connectivity index is 1.24. The van der Waals surface area contributed by atoms with Crippen molar-refractivity contribution in [2.75, 3.05) is 9.71 Å². The molecule has 0 saturated carbocycles. The van der Waals surface area contributed by atoms with Crippen molar-refractivity contribution in [3.8, 4) is 33.4 Å². The summed E-state index contributed by atoms with van der Waals surface area (Å²) in [5.74, 6) is 0. The van der Waals surface area contributed by atoms with Gasteiger partial charge in [0.25, 0.3) is 0 Å². The van der Waals surface area contributed by atoms with Crippen molar-refractivity contribution in [2.45, 2.75) is 71.6 Å². The monoisotopic (exact) mass is 870 g/mol. The van der Waals surface area contributed by atoms with Gasteiger partial charge in [0.05, 0.1) is 11.4 Å². The van der Waals surface area contributed by atoms with E-state index in [2.05, 4.69) is 229 Å². The number of nitrogens with zero attached hydrogens (tertiary/aromatic N) is 2. The van der Waals surface area contributed by atoms with E-state index >= 15 is 0 Å². The molecule has 0 atom stereocenters. The zero-order valence-corrected chi connectivity index (χ0v) is 39.7. The molecule has 66 heavy (non-hydrogen) atoms. The number of hydrogen-bond donors (Lipinski definition) is 0. The van der Waals surface area contributed by atoms with Gasteiger partial charge in [0, 0.05) is 59.2 Å². The lowest BCUT2D eigenvalue weighted by Gasteiger charge is -2.46. The van der Waals surface area contributed by atoms with E-state index in [0.29, 0.717) is 0 Å². The van der Waals surface area contributed by atoms with Crippen LogP contribution in [0.1, 0.15) is 77.6 Å². The molecular weight excluding hydrogens is 820 g/mol. The lowest BCUT2D eigenvalue weighted by atomic mass is 9.45. The number of benzene rings is 8. The molecule has 0 spiro atoms. The van der Waals surface area contributed by atoms with Crippen molar-refractivity contribution in [3.63, 3.8) is 0 Å². The van der Waals surface area contributed by atoms with Crippen molar-refractivity contribution in [3.05, 3.63) is 186 Å². The number of anilines is 5. The quantitative estimate of drug-likeness (QED) is 0.165. The second kappa shape index (κ2) is 13.6. The maximum atomic E-state index is 6.82. The van der Waals surface area contributed by atoms with Gasteiger partial charge in [-0.05, 0) is 115 Å². The zero-order chi connectivity index (χ0) is 45.0. The third-order valence-electron chi connectivity index (χ3n) is 14.9. The third kappa shape index (κ3) is 5.44. The van der Waals surface area contributed by atoms with E-state index in [0.717, 1.165) is 16.6 Å². The highest BCUT2D eigenvalue weighted by molar-refractivity contribution is 7.32. The second-order valence-corrected chi connectivity index (χ2v) is 22.4. The van der Waals surface area contributed by atoms with Crippen LogP contribution in [0.15, 0.2) is 168 Å². The maximum Gasteiger partial charge on any atom is 0.343 e. The van der Waals surface area contributed by atoms with Crippen molar-refractivity contribution < 1.29 is 4.42 Å². The predicted octanol–water partition coefficient (Wildman–Crippen LogP) is 16.1.